The van der Waals surface area contributed by atoms with E-state index in [2.05, 4.69) is 34.6 Å². The summed E-state index contributed by atoms with van der Waals surface area (Å²) in [5, 5.41) is 3.56. The molecule has 1 aromatic carbocycles. The molecule has 4 heteroatoms. The van der Waals surface area contributed by atoms with Crippen LogP contribution in [0.1, 0.15) is 23.2 Å². The summed E-state index contributed by atoms with van der Waals surface area (Å²) in [4.78, 5) is 4.50. The Morgan fingerprint density at radius 2 is 2.05 bits per heavy atom. The van der Waals surface area contributed by atoms with Crippen molar-refractivity contribution < 1.29 is 0 Å². The second kappa shape index (κ2) is 5.59. The molecule has 3 nitrogen and oxygen atoms in total. The maximum absolute atomic E-state index is 5.62. The van der Waals surface area contributed by atoms with Crippen molar-refractivity contribution in [2.24, 2.45) is 5.73 Å². The van der Waals surface area contributed by atoms with E-state index in [0.717, 1.165) is 24.9 Å². The molecule has 20 heavy (non-hydrogen) atoms. The first-order valence-electron chi connectivity index (χ1n) is 6.81. The molecule has 0 spiro atoms. The van der Waals surface area contributed by atoms with Crippen molar-refractivity contribution in [2.75, 3.05) is 5.32 Å². The van der Waals surface area contributed by atoms with Crippen LogP contribution in [0.15, 0.2) is 42.6 Å². The van der Waals surface area contributed by atoms with E-state index < -0.39 is 0 Å². The van der Waals surface area contributed by atoms with Gasteiger partial charge in [-0.2, -0.15) is 0 Å². The number of aromatic nitrogens is 1. The number of anilines is 1. The lowest BCUT2D eigenvalue weighted by atomic mass is 9.88. The largest absolute Gasteiger partial charge is 0.388 e. The molecule has 0 amide bonds. The van der Waals surface area contributed by atoms with Gasteiger partial charge in [0.05, 0.1) is 5.69 Å². The van der Waals surface area contributed by atoms with E-state index in [1.165, 1.54) is 11.1 Å². The van der Waals surface area contributed by atoms with Gasteiger partial charge >= 0.3 is 0 Å². The molecule has 0 bridgehead atoms. The topological polar surface area (TPSA) is 50.9 Å². The zero-order chi connectivity index (χ0) is 13.9. The predicted octanol–water partition coefficient (Wildman–Crippen LogP) is 2.69. The molecular formula is C16H17N3S. The van der Waals surface area contributed by atoms with E-state index in [1.807, 2.05) is 12.1 Å². The lowest BCUT2D eigenvalue weighted by Gasteiger charge is -2.26. The van der Waals surface area contributed by atoms with E-state index in [4.69, 9.17) is 18.0 Å². The number of pyridine rings is 1. The summed E-state index contributed by atoms with van der Waals surface area (Å²) in [5.41, 5.74) is 10.2. The number of hydrogen-bond acceptors (Lipinski definition) is 3. The average Bonchev–Trinajstić information content (AvgIpc) is 2.47. The van der Waals surface area contributed by atoms with Crippen molar-refractivity contribution in [1.82, 2.24) is 4.98 Å². The third kappa shape index (κ3) is 2.80. The second-order valence-electron chi connectivity index (χ2n) is 5.15. The number of fused-ring (bicyclic) bond motifs is 1. The van der Waals surface area contributed by atoms with Crippen molar-refractivity contribution in [3.8, 4) is 0 Å². The zero-order valence-corrected chi connectivity index (χ0v) is 12.0. The van der Waals surface area contributed by atoms with Crippen molar-refractivity contribution in [3.63, 3.8) is 0 Å². The fourth-order valence-corrected chi connectivity index (χ4v) is 2.82. The van der Waals surface area contributed by atoms with Gasteiger partial charge in [0, 0.05) is 17.9 Å². The maximum atomic E-state index is 5.62. The van der Waals surface area contributed by atoms with E-state index in [0.29, 0.717) is 16.7 Å². The Kier molecular flexibility index (Phi) is 3.65. The molecule has 0 radical (unpaired) electrons. The quantitative estimate of drug-likeness (QED) is 0.850. The number of hydrogen-bond donors (Lipinski definition) is 2. The van der Waals surface area contributed by atoms with Crippen molar-refractivity contribution in [2.45, 2.75) is 25.3 Å². The molecule has 1 atom stereocenters. The first-order valence-corrected chi connectivity index (χ1v) is 7.22. The molecule has 1 aliphatic carbocycles. The number of nitrogens with zero attached hydrogens (tertiary/aromatic N) is 1. The summed E-state index contributed by atoms with van der Waals surface area (Å²) in [6.07, 6.45) is 5.07. The molecule has 3 N–H and O–H groups in total. The minimum Gasteiger partial charge on any atom is -0.388 e. The molecule has 3 rings (SSSR count). The van der Waals surface area contributed by atoms with Crippen LogP contribution in [0, 0.1) is 0 Å². The highest BCUT2D eigenvalue weighted by Gasteiger charge is 2.18. The average molecular weight is 283 g/mol. The van der Waals surface area contributed by atoms with Crippen LogP contribution in [0.25, 0.3) is 0 Å². The van der Waals surface area contributed by atoms with Gasteiger partial charge in [-0.3, -0.25) is 4.98 Å². The zero-order valence-electron chi connectivity index (χ0n) is 11.2. The molecule has 0 saturated heterocycles. The van der Waals surface area contributed by atoms with E-state index in [9.17, 15) is 0 Å². The van der Waals surface area contributed by atoms with Crippen LogP contribution in [0.5, 0.6) is 0 Å². The second-order valence-corrected chi connectivity index (χ2v) is 5.59. The highest BCUT2D eigenvalue weighted by Crippen LogP contribution is 2.23. The van der Waals surface area contributed by atoms with Crippen LogP contribution in [-0.4, -0.2) is 16.0 Å². The maximum Gasteiger partial charge on any atom is 0.122 e. The van der Waals surface area contributed by atoms with Gasteiger partial charge in [-0.1, -0.05) is 36.5 Å². The van der Waals surface area contributed by atoms with Crippen LogP contribution in [-0.2, 0) is 12.8 Å². The Morgan fingerprint density at radius 3 is 2.85 bits per heavy atom. The molecule has 1 aliphatic rings. The number of nitrogens with one attached hydrogen (secondary N) is 1. The Morgan fingerprint density at radius 1 is 1.25 bits per heavy atom. The summed E-state index contributed by atoms with van der Waals surface area (Å²) < 4.78 is 0. The first kappa shape index (κ1) is 13.1. The van der Waals surface area contributed by atoms with Crippen molar-refractivity contribution >= 4 is 22.9 Å². The Bertz CT molecular complexity index is 639. The molecule has 0 aliphatic heterocycles. The van der Waals surface area contributed by atoms with E-state index in [1.54, 1.807) is 6.20 Å². The predicted molar refractivity (Wildman–Crippen MR) is 86.0 cm³/mol. The number of thiocarbonyl (C=S) groups is 1. The van der Waals surface area contributed by atoms with Gasteiger partial charge in [-0.15, -0.1) is 0 Å². The number of nitrogens with two attached hydrogens (primary N) is 1. The monoisotopic (exact) mass is 283 g/mol. The smallest absolute Gasteiger partial charge is 0.122 e. The molecule has 1 heterocycles. The number of benzene rings is 1. The van der Waals surface area contributed by atoms with Gasteiger partial charge < -0.3 is 11.1 Å². The van der Waals surface area contributed by atoms with Crippen molar-refractivity contribution in [1.29, 1.82) is 0 Å². The van der Waals surface area contributed by atoms with Crippen molar-refractivity contribution in [3.05, 3.63) is 59.4 Å². The summed E-state index contributed by atoms with van der Waals surface area (Å²) in [6, 6.07) is 13.0. The summed E-state index contributed by atoms with van der Waals surface area (Å²) in [7, 11) is 0. The van der Waals surface area contributed by atoms with Gasteiger partial charge in [-0.05, 0) is 42.5 Å². The molecule has 1 aromatic heterocycles. The fourth-order valence-electron chi connectivity index (χ4n) is 2.71. The number of rotatable bonds is 3. The van der Waals surface area contributed by atoms with Crippen LogP contribution in [0.4, 0.5) is 5.69 Å². The Balaban J connectivity index is 1.73. The van der Waals surface area contributed by atoms with Crippen LogP contribution >= 0.6 is 12.2 Å². The first-order chi connectivity index (χ1) is 9.72. The molecule has 0 saturated carbocycles. The lowest BCUT2D eigenvalue weighted by Crippen LogP contribution is -2.27. The molecule has 2 aromatic rings. The molecule has 0 fully saturated rings. The summed E-state index contributed by atoms with van der Waals surface area (Å²) >= 11 is 4.97. The van der Waals surface area contributed by atoms with E-state index >= 15 is 0 Å². The molecule has 1 unspecified atom stereocenters. The highest BCUT2D eigenvalue weighted by atomic mass is 32.1. The van der Waals surface area contributed by atoms with Crippen LogP contribution in [0.2, 0.25) is 0 Å². The minimum absolute atomic E-state index is 0.336. The number of aryl methyl sites for hydroxylation is 1. The SMILES string of the molecule is NC(=S)c1cc(NC2CCc3ccccc3C2)ccn1. The lowest BCUT2D eigenvalue weighted by molar-refractivity contribution is 0.611. The molecule has 102 valence electrons. The summed E-state index contributed by atoms with van der Waals surface area (Å²) in [5.74, 6) is 0. The standard InChI is InChI=1S/C16H17N3S/c17-16(20)15-10-14(7-8-18-15)19-13-6-5-11-3-1-2-4-12(11)9-13/h1-4,7-8,10,13H,5-6,9H2,(H2,17,20)(H,18,19). The molecular weight excluding hydrogens is 266 g/mol. The fraction of sp³-hybridized carbons (Fsp3) is 0.250. The third-order valence-corrected chi connectivity index (χ3v) is 3.94. The normalized spacial score (nSPS) is 17.3. The minimum atomic E-state index is 0.336. The van der Waals surface area contributed by atoms with Gasteiger partial charge in [0.15, 0.2) is 0 Å². The Hall–Kier alpha value is -1.94. The van der Waals surface area contributed by atoms with Crippen LogP contribution < -0.4 is 11.1 Å². The van der Waals surface area contributed by atoms with E-state index in [-0.39, 0.29) is 0 Å². The third-order valence-electron chi connectivity index (χ3n) is 3.73. The van der Waals surface area contributed by atoms with Gasteiger partial charge in [-0.25, -0.2) is 0 Å². The Labute approximate surface area is 124 Å². The van der Waals surface area contributed by atoms with Gasteiger partial charge in [0.25, 0.3) is 0 Å². The van der Waals surface area contributed by atoms with Gasteiger partial charge in [0.1, 0.15) is 4.99 Å². The highest BCUT2D eigenvalue weighted by molar-refractivity contribution is 7.80. The van der Waals surface area contributed by atoms with Gasteiger partial charge in [0.2, 0.25) is 0 Å². The summed E-state index contributed by atoms with van der Waals surface area (Å²) in [6.45, 7) is 0. The van der Waals surface area contributed by atoms with Crippen LogP contribution in [0.3, 0.4) is 0 Å².